The average Bonchev–Trinajstić information content (AvgIpc) is 3.36. The van der Waals surface area contributed by atoms with Gasteiger partial charge in [0.1, 0.15) is 6.61 Å². The third kappa shape index (κ3) is 6.43. The van der Waals surface area contributed by atoms with Crippen LogP contribution < -0.4 is 5.32 Å². The number of benzene rings is 2. The summed E-state index contributed by atoms with van der Waals surface area (Å²) in [6.45, 7) is 2.89. The highest BCUT2D eigenvalue weighted by Crippen LogP contribution is 2.30. The zero-order valence-corrected chi connectivity index (χ0v) is 23.5. The molecule has 0 bridgehead atoms. The molecule has 0 aliphatic carbocycles. The van der Waals surface area contributed by atoms with Gasteiger partial charge in [0.2, 0.25) is 5.91 Å². The summed E-state index contributed by atoms with van der Waals surface area (Å²) in [5.74, 6) is -0.200. The normalized spacial score (nSPS) is 17.6. The number of hydrogen-bond donors (Lipinski definition) is 1. The van der Waals surface area contributed by atoms with Crippen molar-refractivity contribution < 1.29 is 19.1 Å². The van der Waals surface area contributed by atoms with Gasteiger partial charge in [0, 0.05) is 42.5 Å². The molecule has 2 aromatic carbocycles. The molecule has 2 saturated heterocycles. The van der Waals surface area contributed by atoms with Gasteiger partial charge in [0.05, 0.1) is 29.9 Å². The molecule has 41 heavy (non-hydrogen) atoms. The summed E-state index contributed by atoms with van der Waals surface area (Å²) in [7, 11) is 0. The van der Waals surface area contributed by atoms with Crippen LogP contribution in [0.1, 0.15) is 58.2 Å². The number of carbonyl (C=O) groups excluding carboxylic acids is 2. The Kier molecular flexibility index (Phi) is 8.27. The summed E-state index contributed by atoms with van der Waals surface area (Å²) in [6.07, 6.45) is 6.92. The SMILES string of the molecule is O=C(NCc1nn(C2CCCCO2)c2ccc(Cl)cc12)c1cncc(Cc2ccc(CN3CCOCC3=O)cc2)c1. The second kappa shape index (κ2) is 12.4. The lowest BCUT2D eigenvalue weighted by molar-refractivity contribution is -0.143. The van der Waals surface area contributed by atoms with Crippen LogP contribution in [-0.4, -0.2) is 57.8 Å². The molecule has 2 amide bonds. The number of rotatable bonds is 8. The van der Waals surface area contributed by atoms with Crippen LogP contribution in [0.5, 0.6) is 0 Å². The van der Waals surface area contributed by atoms with E-state index in [0.29, 0.717) is 43.3 Å². The standard InChI is InChI=1S/C31H32ClN5O4/c32-25-8-9-28-26(15-25)27(35-37(28)30-3-1-2-11-41-30)18-34-31(39)24-14-23(16-33-17-24)13-21-4-6-22(7-5-21)19-36-10-12-40-20-29(36)38/h4-9,14-17,30H,1-3,10-13,18-20H2,(H,34,39). The highest BCUT2D eigenvalue weighted by Gasteiger charge is 2.22. The van der Waals surface area contributed by atoms with Crippen molar-refractivity contribution in [1.29, 1.82) is 0 Å². The molecule has 0 saturated carbocycles. The van der Waals surface area contributed by atoms with E-state index in [9.17, 15) is 9.59 Å². The predicted molar refractivity (Wildman–Crippen MR) is 154 cm³/mol. The zero-order valence-electron chi connectivity index (χ0n) is 22.7. The molecule has 6 rings (SSSR count). The molecule has 1 N–H and O–H groups in total. The van der Waals surface area contributed by atoms with Crippen LogP contribution in [0.3, 0.4) is 0 Å². The van der Waals surface area contributed by atoms with Crippen LogP contribution in [-0.2, 0) is 33.8 Å². The van der Waals surface area contributed by atoms with Crippen LogP contribution in [0, 0.1) is 0 Å². The topological polar surface area (TPSA) is 98.6 Å². The van der Waals surface area contributed by atoms with Crippen molar-refractivity contribution in [2.75, 3.05) is 26.4 Å². The minimum atomic E-state index is -0.219. The largest absolute Gasteiger partial charge is 0.370 e. The van der Waals surface area contributed by atoms with Crippen molar-refractivity contribution in [3.8, 4) is 0 Å². The molecule has 1 unspecified atom stereocenters. The third-order valence-electron chi connectivity index (χ3n) is 7.54. The lowest BCUT2D eigenvalue weighted by Gasteiger charge is -2.26. The number of nitrogens with one attached hydrogen (secondary N) is 1. The van der Waals surface area contributed by atoms with Crippen molar-refractivity contribution in [1.82, 2.24) is 25.0 Å². The fraction of sp³-hybridized carbons (Fsp3) is 0.355. The number of carbonyl (C=O) groups is 2. The number of aromatic nitrogens is 3. The van der Waals surface area contributed by atoms with Gasteiger partial charge in [-0.3, -0.25) is 14.6 Å². The second-order valence-corrected chi connectivity index (χ2v) is 10.9. The number of hydrogen-bond acceptors (Lipinski definition) is 6. The summed E-state index contributed by atoms with van der Waals surface area (Å²) in [6, 6.07) is 15.7. The van der Waals surface area contributed by atoms with Crippen LogP contribution in [0.25, 0.3) is 10.9 Å². The van der Waals surface area contributed by atoms with E-state index in [-0.39, 0.29) is 31.2 Å². The Morgan fingerprint density at radius 3 is 2.68 bits per heavy atom. The van der Waals surface area contributed by atoms with Gasteiger partial charge in [-0.1, -0.05) is 35.9 Å². The maximum atomic E-state index is 13.1. The average molecular weight is 574 g/mol. The number of fused-ring (bicyclic) bond motifs is 1. The van der Waals surface area contributed by atoms with Gasteiger partial charge in [-0.25, -0.2) is 4.68 Å². The first-order valence-corrected chi connectivity index (χ1v) is 14.3. The number of nitrogens with zero attached hydrogens (tertiary/aromatic N) is 4. The molecular formula is C31H32ClN5O4. The molecule has 10 heteroatoms. The van der Waals surface area contributed by atoms with Crippen molar-refractivity contribution in [2.24, 2.45) is 0 Å². The fourth-order valence-electron chi connectivity index (χ4n) is 5.35. The first kappa shape index (κ1) is 27.4. The molecule has 0 spiro atoms. The minimum Gasteiger partial charge on any atom is -0.370 e. The first-order valence-electron chi connectivity index (χ1n) is 14.0. The number of morpholine rings is 1. The molecule has 2 aromatic heterocycles. The van der Waals surface area contributed by atoms with E-state index < -0.39 is 0 Å². The quantitative estimate of drug-likeness (QED) is 0.329. The fourth-order valence-corrected chi connectivity index (χ4v) is 5.53. The highest BCUT2D eigenvalue weighted by atomic mass is 35.5. The maximum Gasteiger partial charge on any atom is 0.253 e. The smallest absolute Gasteiger partial charge is 0.253 e. The molecule has 2 aliphatic rings. The summed E-state index contributed by atoms with van der Waals surface area (Å²) < 4.78 is 13.1. The van der Waals surface area contributed by atoms with E-state index in [0.717, 1.165) is 52.5 Å². The Morgan fingerprint density at radius 1 is 1.02 bits per heavy atom. The Balaban J connectivity index is 1.11. The van der Waals surface area contributed by atoms with E-state index >= 15 is 0 Å². The maximum absolute atomic E-state index is 13.1. The lowest BCUT2D eigenvalue weighted by Crippen LogP contribution is -2.40. The number of pyridine rings is 1. The van der Waals surface area contributed by atoms with E-state index in [2.05, 4.69) is 22.4 Å². The van der Waals surface area contributed by atoms with Crippen LogP contribution in [0.2, 0.25) is 5.02 Å². The molecule has 4 heterocycles. The van der Waals surface area contributed by atoms with Crippen molar-refractivity contribution in [3.05, 3.63) is 93.9 Å². The van der Waals surface area contributed by atoms with Gasteiger partial charge < -0.3 is 19.7 Å². The Hall–Kier alpha value is -3.79. The number of ether oxygens (including phenoxy) is 2. The minimum absolute atomic E-state index is 0.0186. The molecule has 1 atom stereocenters. The van der Waals surface area contributed by atoms with Gasteiger partial charge in [-0.2, -0.15) is 5.10 Å². The number of amides is 2. The second-order valence-electron chi connectivity index (χ2n) is 10.5. The molecular weight excluding hydrogens is 542 g/mol. The highest BCUT2D eigenvalue weighted by molar-refractivity contribution is 6.31. The molecule has 212 valence electrons. The van der Waals surface area contributed by atoms with Crippen LogP contribution in [0.4, 0.5) is 0 Å². The lowest BCUT2D eigenvalue weighted by atomic mass is 10.0. The summed E-state index contributed by atoms with van der Waals surface area (Å²) in [4.78, 5) is 31.3. The Labute approximate surface area is 243 Å². The monoisotopic (exact) mass is 573 g/mol. The van der Waals surface area contributed by atoms with Gasteiger partial charge >= 0.3 is 0 Å². The van der Waals surface area contributed by atoms with E-state index in [4.69, 9.17) is 26.2 Å². The Morgan fingerprint density at radius 2 is 1.88 bits per heavy atom. The molecule has 0 radical (unpaired) electrons. The van der Waals surface area contributed by atoms with Crippen molar-refractivity contribution in [3.63, 3.8) is 0 Å². The molecule has 2 fully saturated rings. The third-order valence-corrected chi connectivity index (χ3v) is 7.77. The van der Waals surface area contributed by atoms with Crippen LogP contribution in [0.15, 0.2) is 60.9 Å². The zero-order chi connectivity index (χ0) is 28.2. The molecule has 2 aliphatic heterocycles. The summed E-state index contributed by atoms with van der Waals surface area (Å²) in [5, 5.41) is 9.34. The Bertz CT molecular complexity index is 1550. The van der Waals surface area contributed by atoms with Gasteiger partial charge in [0.15, 0.2) is 6.23 Å². The predicted octanol–water partition coefficient (Wildman–Crippen LogP) is 4.66. The van der Waals surface area contributed by atoms with Gasteiger partial charge in [-0.05, 0) is 66.6 Å². The van der Waals surface area contributed by atoms with Crippen molar-refractivity contribution >= 4 is 34.3 Å². The van der Waals surface area contributed by atoms with Gasteiger partial charge in [-0.15, -0.1) is 0 Å². The van der Waals surface area contributed by atoms with E-state index in [1.807, 2.05) is 46.0 Å². The van der Waals surface area contributed by atoms with Crippen LogP contribution >= 0.6 is 11.6 Å². The first-order chi connectivity index (χ1) is 20.0. The van der Waals surface area contributed by atoms with Crippen molar-refractivity contribution in [2.45, 2.75) is 45.0 Å². The molecule has 4 aromatic rings. The van der Waals surface area contributed by atoms with Gasteiger partial charge in [0.25, 0.3) is 5.91 Å². The summed E-state index contributed by atoms with van der Waals surface area (Å²) in [5.41, 5.74) is 5.28. The molecule has 9 nitrogen and oxygen atoms in total. The summed E-state index contributed by atoms with van der Waals surface area (Å²) >= 11 is 6.30. The van der Waals surface area contributed by atoms with E-state index in [1.54, 1.807) is 12.4 Å². The van der Waals surface area contributed by atoms with E-state index in [1.165, 1.54) is 0 Å². The number of halogens is 1.